The Morgan fingerprint density at radius 1 is 1.26 bits per heavy atom. The van der Waals surface area contributed by atoms with Crippen molar-refractivity contribution >= 4 is 21.6 Å². The topological polar surface area (TPSA) is 79.0 Å². The van der Waals surface area contributed by atoms with E-state index in [1.54, 1.807) is 4.31 Å². The molecule has 1 aromatic heterocycles. The van der Waals surface area contributed by atoms with Crippen LogP contribution in [-0.2, 0) is 29.9 Å². The molecule has 2 heterocycles. The summed E-state index contributed by atoms with van der Waals surface area (Å²) >= 11 is 6.07. The van der Waals surface area contributed by atoms with Crippen LogP contribution in [0.2, 0.25) is 5.02 Å². The second-order valence-corrected chi connectivity index (χ2v) is 9.45. The van der Waals surface area contributed by atoms with Gasteiger partial charge in [-0.05, 0) is 56.7 Å². The molecule has 4 rings (SSSR count). The first kappa shape index (κ1) is 18.5. The Morgan fingerprint density at radius 2 is 2.04 bits per heavy atom. The maximum Gasteiger partial charge on any atom is 0.243 e. The van der Waals surface area contributed by atoms with Crippen molar-refractivity contribution < 1.29 is 8.42 Å². The summed E-state index contributed by atoms with van der Waals surface area (Å²) in [7, 11) is -1.72. The third-order valence-electron chi connectivity index (χ3n) is 5.58. The van der Waals surface area contributed by atoms with Crippen LogP contribution in [0.3, 0.4) is 0 Å². The highest BCUT2D eigenvalue weighted by atomic mass is 35.5. The lowest BCUT2D eigenvalue weighted by molar-refractivity contribution is 0.376. The molecule has 6 nitrogen and oxygen atoms in total. The van der Waals surface area contributed by atoms with Gasteiger partial charge in [-0.25, -0.2) is 13.4 Å². The van der Waals surface area contributed by atoms with Crippen LogP contribution in [-0.4, -0.2) is 28.8 Å². The molecule has 0 amide bonds. The Balaban J connectivity index is 1.72. The van der Waals surface area contributed by atoms with Crippen LogP contribution in [0.25, 0.3) is 0 Å². The van der Waals surface area contributed by atoms with Crippen LogP contribution < -0.4 is 0 Å². The van der Waals surface area contributed by atoms with Gasteiger partial charge < -0.3 is 4.57 Å². The summed E-state index contributed by atoms with van der Waals surface area (Å²) in [6.45, 7) is 0.460. The smallest absolute Gasteiger partial charge is 0.243 e. The molecule has 0 N–H and O–H groups in total. The van der Waals surface area contributed by atoms with E-state index in [1.807, 2.05) is 13.1 Å². The van der Waals surface area contributed by atoms with E-state index in [0.29, 0.717) is 6.54 Å². The first-order valence-corrected chi connectivity index (χ1v) is 11.0. The van der Waals surface area contributed by atoms with Crippen LogP contribution in [0.4, 0.5) is 0 Å². The zero-order chi connectivity index (χ0) is 19.2. The number of rotatable bonds is 3. The molecule has 1 aliphatic heterocycles. The number of hydrogen-bond acceptors (Lipinski definition) is 4. The molecule has 1 atom stereocenters. The van der Waals surface area contributed by atoms with E-state index < -0.39 is 10.0 Å². The predicted octanol–water partition coefficient (Wildman–Crippen LogP) is 3.35. The van der Waals surface area contributed by atoms with E-state index in [9.17, 15) is 8.42 Å². The predicted molar refractivity (Wildman–Crippen MR) is 102 cm³/mol. The van der Waals surface area contributed by atoms with Gasteiger partial charge in [0.05, 0.1) is 27.2 Å². The lowest BCUT2D eigenvalue weighted by Crippen LogP contribution is -2.32. The summed E-state index contributed by atoms with van der Waals surface area (Å²) in [5.41, 5.74) is 2.62. The second kappa shape index (κ2) is 6.93. The van der Waals surface area contributed by atoms with Gasteiger partial charge in [0.2, 0.25) is 10.0 Å². The molecule has 1 aliphatic carbocycles. The van der Waals surface area contributed by atoms with Crippen molar-refractivity contribution in [3.8, 4) is 6.07 Å². The van der Waals surface area contributed by atoms with E-state index >= 15 is 0 Å². The molecule has 27 heavy (non-hydrogen) atoms. The maximum absolute atomic E-state index is 13.3. The van der Waals surface area contributed by atoms with E-state index in [4.69, 9.17) is 21.8 Å². The normalized spacial score (nSPS) is 20.4. The van der Waals surface area contributed by atoms with Gasteiger partial charge in [-0.2, -0.15) is 9.57 Å². The molecule has 0 bridgehead atoms. The molecular weight excluding hydrogens is 384 g/mol. The zero-order valence-electron chi connectivity index (χ0n) is 15.2. The first-order chi connectivity index (χ1) is 12.9. The zero-order valence-corrected chi connectivity index (χ0v) is 16.7. The summed E-state index contributed by atoms with van der Waals surface area (Å²) in [4.78, 5) is 4.94. The average Bonchev–Trinajstić information content (AvgIpc) is 3.27. The second-order valence-electron chi connectivity index (χ2n) is 7.16. The van der Waals surface area contributed by atoms with Crippen molar-refractivity contribution in [2.45, 2.75) is 49.5 Å². The Labute approximate surface area is 164 Å². The Kier molecular flexibility index (Phi) is 4.75. The Hall–Kier alpha value is -1.88. The fourth-order valence-electron chi connectivity index (χ4n) is 4.17. The van der Waals surface area contributed by atoms with Gasteiger partial charge in [0.15, 0.2) is 0 Å². The van der Waals surface area contributed by atoms with Crippen molar-refractivity contribution in [3.05, 3.63) is 46.0 Å². The molecule has 1 aromatic carbocycles. The molecule has 1 fully saturated rings. The van der Waals surface area contributed by atoms with Crippen LogP contribution in [0.1, 0.15) is 54.5 Å². The third-order valence-corrected chi connectivity index (χ3v) is 7.79. The summed E-state index contributed by atoms with van der Waals surface area (Å²) < 4.78 is 30.2. The lowest BCUT2D eigenvalue weighted by Gasteiger charge is -2.24. The number of aromatic nitrogens is 2. The molecule has 8 heteroatoms. The molecule has 1 saturated heterocycles. The summed E-state index contributed by atoms with van der Waals surface area (Å²) in [6.07, 6.45) is 5.82. The van der Waals surface area contributed by atoms with Gasteiger partial charge in [-0.15, -0.1) is 0 Å². The summed E-state index contributed by atoms with van der Waals surface area (Å²) in [6, 6.07) is 5.98. The number of benzene rings is 1. The minimum atomic E-state index is -3.72. The van der Waals surface area contributed by atoms with Gasteiger partial charge in [0.1, 0.15) is 11.9 Å². The van der Waals surface area contributed by atoms with Gasteiger partial charge >= 0.3 is 0 Å². The quantitative estimate of drug-likeness (QED) is 0.785. The molecule has 2 aromatic rings. The fraction of sp³-hybridized carbons (Fsp3) is 0.474. The van der Waals surface area contributed by atoms with E-state index in [0.717, 1.165) is 50.0 Å². The highest BCUT2D eigenvalue weighted by Gasteiger charge is 2.39. The Morgan fingerprint density at radius 3 is 2.74 bits per heavy atom. The summed E-state index contributed by atoms with van der Waals surface area (Å²) in [5.74, 6) is 0.836. The number of aryl methyl sites for hydroxylation is 1. The molecule has 0 unspecified atom stereocenters. The lowest BCUT2D eigenvalue weighted by atomic mass is 10.0. The van der Waals surface area contributed by atoms with E-state index in [-0.39, 0.29) is 21.5 Å². The number of hydrogen-bond donors (Lipinski definition) is 0. The van der Waals surface area contributed by atoms with Gasteiger partial charge in [0, 0.05) is 19.3 Å². The van der Waals surface area contributed by atoms with Crippen molar-refractivity contribution in [2.75, 3.05) is 6.54 Å². The van der Waals surface area contributed by atoms with Crippen LogP contribution in [0.15, 0.2) is 23.1 Å². The minimum absolute atomic E-state index is 0.123. The van der Waals surface area contributed by atoms with Crippen molar-refractivity contribution in [1.82, 2.24) is 13.9 Å². The van der Waals surface area contributed by atoms with Gasteiger partial charge in [-0.3, -0.25) is 0 Å². The Bertz CT molecular complexity index is 1040. The number of sulfonamides is 1. The molecule has 142 valence electrons. The highest BCUT2D eigenvalue weighted by molar-refractivity contribution is 7.89. The van der Waals surface area contributed by atoms with Gasteiger partial charge in [0.25, 0.3) is 0 Å². The number of halogens is 1. The number of nitrogens with zero attached hydrogens (tertiary/aromatic N) is 4. The molecule has 2 aliphatic rings. The maximum atomic E-state index is 13.3. The van der Waals surface area contributed by atoms with Gasteiger partial charge in [-0.1, -0.05) is 11.6 Å². The third kappa shape index (κ3) is 3.06. The fourth-order valence-corrected chi connectivity index (χ4v) is 6.14. The highest BCUT2D eigenvalue weighted by Crippen LogP contribution is 2.38. The van der Waals surface area contributed by atoms with E-state index in [1.165, 1.54) is 23.9 Å². The largest absolute Gasteiger partial charge is 0.333 e. The molecular formula is C19H21ClN4O2S. The number of imidazole rings is 1. The SMILES string of the molecule is Cn1c([C@@H]2CCCN2S(=O)(=O)c2ccc(C#N)c(Cl)c2)nc2c1CCCC2. The van der Waals surface area contributed by atoms with Crippen LogP contribution in [0, 0.1) is 11.3 Å². The summed E-state index contributed by atoms with van der Waals surface area (Å²) in [5, 5.41) is 9.17. The standard InChI is InChI=1S/C19H21ClN4O2S/c1-23-17-6-3-2-5-16(17)22-19(23)18-7-4-10-24(18)27(25,26)14-9-8-13(12-21)15(20)11-14/h8-9,11,18H,2-7,10H2,1H3/t18-/m0/s1. The van der Waals surface area contributed by atoms with Crippen molar-refractivity contribution in [2.24, 2.45) is 7.05 Å². The van der Waals surface area contributed by atoms with E-state index in [2.05, 4.69) is 4.57 Å². The molecule has 0 radical (unpaired) electrons. The van der Waals surface area contributed by atoms with Crippen molar-refractivity contribution in [1.29, 1.82) is 5.26 Å². The van der Waals surface area contributed by atoms with Crippen LogP contribution >= 0.6 is 11.6 Å². The molecule has 0 spiro atoms. The van der Waals surface area contributed by atoms with Crippen molar-refractivity contribution in [3.63, 3.8) is 0 Å². The number of fused-ring (bicyclic) bond motifs is 1. The first-order valence-electron chi connectivity index (χ1n) is 9.19. The molecule has 0 saturated carbocycles. The number of nitriles is 1. The monoisotopic (exact) mass is 404 g/mol. The minimum Gasteiger partial charge on any atom is -0.333 e. The average molecular weight is 405 g/mol. The van der Waals surface area contributed by atoms with Crippen LogP contribution in [0.5, 0.6) is 0 Å².